The number of hydrogen-bond acceptors (Lipinski definition) is 4. The number of benzene rings is 2. The van der Waals surface area contributed by atoms with Crippen molar-refractivity contribution in [1.29, 1.82) is 0 Å². The first kappa shape index (κ1) is 19.1. The summed E-state index contributed by atoms with van der Waals surface area (Å²) in [6.07, 6.45) is 1.66. The van der Waals surface area contributed by atoms with Gasteiger partial charge in [0.25, 0.3) is 0 Å². The van der Waals surface area contributed by atoms with Crippen LogP contribution in [0.4, 0.5) is 16.2 Å². The number of halogens is 2. The van der Waals surface area contributed by atoms with Crippen molar-refractivity contribution in [3.8, 4) is 0 Å². The predicted molar refractivity (Wildman–Crippen MR) is 109 cm³/mol. The van der Waals surface area contributed by atoms with Crippen LogP contribution in [0.15, 0.2) is 54.6 Å². The zero-order valence-corrected chi connectivity index (χ0v) is 15.9. The zero-order chi connectivity index (χ0) is 19.1. The van der Waals surface area contributed by atoms with E-state index >= 15 is 0 Å². The Morgan fingerprint density at radius 2 is 1.44 bits per heavy atom. The molecule has 0 unspecified atom stereocenters. The van der Waals surface area contributed by atoms with Gasteiger partial charge in [0, 0.05) is 29.9 Å². The third-order valence-corrected chi connectivity index (χ3v) is 4.35. The Bertz CT molecular complexity index is 797. The molecule has 140 valence electrons. The molecular weight excluding hydrogens is 363 g/mol. The first-order valence-electron chi connectivity index (χ1n) is 8.91. The third-order valence-electron chi connectivity index (χ3n) is 4.10. The lowest BCUT2D eigenvalue weighted by Crippen LogP contribution is -2.12. The monoisotopic (exact) mass is 384 g/mol. The van der Waals surface area contributed by atoms with E-state index in [1.165, 1.54) is 17.7 Å². The summed E-state index contributed by atoms with van der Waals surface area (Å²) >= 11 is 5.91. The van der Waals surface area contributed by atoms with Gasteiger partial charge in [0.2, 0.25) is 5.95 Å². The van der Waals surface area contributed by atoms with Gasteiger partial charge in [0.15, 0.2) is 0 Å². The quantitative estimate of drug-likeness (QED) is 0.580. The van der Waals surface area contributed by atoms with Crippen LogP contribution in [0.1, 0.15) is 16.8 Å². The minimum atomic E-state index is -0.219. The van der Waals surface area contributed by atoms with Crippen molar-refractivity contribution in [3.63, 3.8) is 0 Å². The first-order valence-corrected chi connectivity index (χ1v) is 9.28. The molecule has 2 aromatic carbocycles. The highest BCUT2D eigenvalue weighted by Crippen LogP contribution is 2.12. The van der Waals surface area contributed by atoms with E-state index in [2.05, 4.69) is 20.6 Å². The highest BCUT2D eigenvalue weighted by Gasteiger charge is 2.03. The standard InChI is InChI=1S/C21H22ClFN4/c1-15-14-20(24-12-10-16-2-6-18(22)7-3-16)27-21(26-15)25-13-11-17-4-8-19(23)9-5-17/h2-9,14H,10-13H2,1H3,(H2,24,25,26,27). The smallest absolute Gasteiger partial charge is 0.224 e. The minimum Gasteiger partial charge on any atom is -0.370 e. The molecule has 0 atom stereocenters. The van der Waals surface area contributed by atoms with Crippen LogP contribution in [0, 0.1) is 12.7 Å². The van der Waals surface area contributed by atoms with Gasteiger partial charge in [-0.3, -0.25) is 0 Å². The van der Waals surface area contributed by atoms with Gasteiger partial charge < -0.3 is 10.6 Å². The van der Waals surface area contributed by atoms with Crippen LogP contribution in [0.2, 0.25) is 5.02 Å². The Labute approximate surface area is 163 Å². The van der Waals surface area contributed by atoms with Gasteiger partial charge in [-0.1, -0.05) is 35.9 Å². The Morgan fingerprint density at radius 3 is 2.11 bits per heavy atom. The van der Waals surface area contributed by atoms with E-state index < -0.39 is 0 Å². The number of rotatable bonds is 8. The average Bonchev–Trinajstić information content (AvgIpc) is 2.65. The van der Waals surface area contributed by atoms with E-state index in [1.807, 2.05) is 37.3 Å². The van der Waals surface area contributed by atoms with Crippen LogP contribution in [-0.2, 0) is 12.8 Å². The largest absolute Gasteiger partial charge is 0.370 e. The minimum absolute atomic E-state index is 0.219. The molecule has 6 heteroatoms. The molecule has 1 heterocycles. The van der Waals surface area contributed by atoms with Gasteiger partial charge in [-0.15, -0.1) is 0 Å². The lowest BCUT2D eigenvalue weighted by molar-refractivity contribution is 0.627. The summed E-state index contributed by atoms with van der Waals surface area (Å²) < 4.78 is 12.9. The van der Waals surface area contributed by atoms with Gasteiger partial charge in [-0.25, -0.2) is 9.37 Å². The topological polar surface area (TPSA) is 49.8 Å². The molecule has 0 aliphatic rings. The Kier molecular flexibility index (Phi) is 6.60. The summed E-state index contributed by atoms with van der Waals surface area (Å²) in [5, 5.41) is 7.32. The van der Waals surface area contributed by atoms with Crippen LogP contribution in [0.3, 0.4) is 0 Å². The second-order valence-electron chi connectivity index (χ2n) is 6.32. The second kappa shape index (κ2) is 9.33. The van der Waals surface area contributed by atoms with E-state index in [1.54, 1.807) is 12.1 Å². The molecule has 3 rings (SSSR count). The molecule has 0 amide bonds. The van der Waals surface area contributed by atoms with E-state index in [-0.39, 0.29) is 5.82 Å². The first-order chi connectivity index (χ1) is 13.1. The summed E-state index contributed by atoms with van der Waals surface area (Å²) in [5.41, 5.74) is 3.18. The van der Waals surface area contributed by atoms with Crippen molar-refractivity contribution in [2.75, 3.05) is 23.7 Å². The van der Waals surface area contributed by atoms with Crippen LogP contribution in [0.25, 0.3) is 0 Å². The van der Waals surface area contributed by atoms with Crippen molar-refractivity contribution in [2.45, 2.75) is 19.8 Å². The zero-order valence-electron chi connectivity index (χ0n) is 15.2. The van der Waals surface area contributed by atoms with Gasteiger partial charge in [-0.2, -0.15) is 4.98 Å². The molecule has 0 radical (unpaired) electrons. The maximum absolute atomic E-state index is 12.9. The van der Waals surface area contributed by atoms with E-state index in [4.69, 9.17) is 11.6 Å². The van der Waals surface area contributed by atoms with E-state index in [0.717, 1.165) is 41.5 Å². The predicted octanol–water partition coefficient (Wildman–Crippen LogP) is 4.89. The SMILES string of the molecule is Cc1cc(NCCc2ccc(Cl)cc2)nc(NCCc2ccc(F)cc2)n1. The lowest BCUT2D eigenvalue weighted by atomic mass is 10.1. The maximum atomic E-state index is 12.9. The van der Waals surface area contributed by atoms with Crippen LogP contribution >= 0.6 is 11.6 Å². The van der Waals surface area contributed by atoms with Crippen molar-refractivity contribution in [3.05, 3.63) is 82.3 Å². The maximum Gasteiger partial charge on any atom is 0.224 e. The molecule has 2 N–H and O–H groups in total. The fourth-order valence-electron chi connectivity index (χ4n) is 2.69. The molecule has 0 saturated carbocycles. The van der Waals surface area contributed by atoms with Crippen molar-refractivity contribution < 1.29 is 4.39 Å². The molecular formula is C21H22ClFN4. The highest BCUT2D eigenvalue weighted by atomic mass is 35.5. The van der Waals surface area contributed by atoms with Crippen LogP contribution < -0.4 is 10.6 Å². The van der Waals surface area contributed by atoms with Gasteiger partial charge in [0.05, 0.1) is 0 Å². The van der Waals surface area contributed by atoms with Gasteiger partial charge in [-0.05, 0) is 55.2 Å². The summed E-state index contributed by atoms with van der Waals surface area (Å²) in [4.78, 5) is 8.93. The number of hydrogen-bond donors (Lipinski definition) is 2. The summed E-state index contributed by atoms with van der Waals surface area (Å²) in [5.74, 6) is 1.16. The van der Waals surface area contributed by atoms with Crippen LogP contribution in [0.5, 0.6) is 0 Å². The molecule has 0 aliphatic carbocycles. The van der Waals surface area contributed by atoms with Crippen molar-refractivity contribution in [2.24, 2.45) is 0 Å². The molecule has 0 aliphatic heterocycles. The molecule has 0 bridgehead atoms. The fourth-order valence-corrected chi connectivity index (χ4v) is 2.82. The van der Waals surface area contributed by atoms with E-state index in [0.29, 0.717) is 12.5 Å². The fraction of sp³-hybridized carbons (Fsp3) is 0.238. The number of nitrogens with zero attached hydrogens (tertiary/aromatic N) is 2. The van der Waals surface area contributed by atoms with Crippen molar-refractivity contribution >= 4 is 23.4 Å². The molecule has 27 heavy (non-hydrogen) atoms. The van der Waals surface area contributed by atoms with Gasteiger partial charge in [0.1, 0.15) is 11.6 Å². The average molecular weight is 385 g/mol. The highest BCUT2D eigenvalue weighted by molar-refractivity contribution is 6.30. The molecule has 0 spiro atoms. The Hall–Kier alpha value is -2.66. The Balaban J connectivity index is 1.50. The number of aromatic nitrogens is 2. The summed E-state index contributed by atoms with van der Waals surface area (Å²) in [7, 11) is 0. The van der Waals surface area contributed by atoms with Crippen LogP contribution in [-0.4, -0.2) is 23.1 Å². The Morgan fingerprint density at radius 1 is 0.852 bits per heavy atom. The molecule has 4 nitrogen and oxygen atoms in total. The third kappa shape index (κ3) is 6.22. The molecule has 0 saturated heterocycles. The molecule has 1 aromatic heterocycles. The summed E-state index contributed by atoms with van der Waals surface area (Å²) in [6, 6.07) is 16.3. The number of nitrogens with one attached hydrogen (secondary N) is 2. The normalized spacial score (nSPS) is 10.6. The van der Waals surface area contributed by atoms with Gasteiger partial charge >= 0.3 is 0 Å². The lowest BCUT2D eigenvalue weighted by Gasteiger charge is -2.10. The second-order valence-corrected chi connectivity index (χ2v) is 6.76. The molecule has 0 fully saturated rings. The number of anilines is 2. The molecule has 3 aromatic rings. The number of aryl methyl sites for hydroxylation is 1. The van der Waals surface area contributed by atoms with Crippen molar-refractivity contribution in [1.82, 2.24) is 9.97 Å². The summed E-state index contributed by atoms with van der Waals surface area (Å²) in [6.45, 7) is 3.39. The van der Waals surface area contributed by atoms with E-state index in [9.17, 15) is 4.39 Å².